The predicted molar refractivity (Wildman–Crippen MR) is 104 cm³/mol. The summed E-state index contributed by atoms with van der Waals surface area (Å²) in [4.78, 5) is 16.9. The Labute approximate surface area is 150 Å². The molecule has 0 aliphatic carbocycles. The molecule has 0 atom stereocenters. The molecule has 4 heteroatoms. The zero-order valence-electron chi connectivity index (χ0n) is 13.7. The Morgan fingerprint density at radius 2 is 1.64 bits per heavy atom. The number of carbonyl (C=O) groups excluding carboxylic acids is 1. The Kier molecular flexibility index (Phi) is 4.04. The summed E-state index contributed by atoms with van der Waals surface area (Å²) in [7, 11) is 0. The van der Waals surface area contributed by atoms with Crippen molar-refractivity contribution in [3.8, 4) is 10.6 Å². The lowest BCUT2D eigenvalue weighted by Crippen LogP contribution is -2.11. The Bertz CT molecular complexity index is 1000. The van der Waals surface area contributed by atoms with Crippen molar-refractivity contribution in [1.82, 2.24) is 4.98 Å². The number of thiazole rings is 1. The number of carbonyl (C=O) groups is 1. The van der Waals surface area contributed by atoms with Gasteiger partial charge >= 0.3 is 0 Å². The molecule has 0 unspecified atom stereocenters. The van der Waals surface area contributed by atoms with Crippen LogP contribution in [0.1, 0.15) is 15.9 Å². The maximum atomic E-state index is 12.3. The van der Waals surface area contributed by atoms with Crippen LogP contribution in [0.3, 0.4) is 0 Å². The van der Waals surface area contributed by atoms with E-state index < -0.39 is 0 Å². The highest BCUT2D eigenvalue weighted by Gasteiger charge is 2.08. The lowest BCUT2D eigenvalue weighted by Gasteiger charge is -2.06. The second kappa shape index (κ2) is 6.49. The first-order valence-corrected chi connectivity index (χ1v) is 8.85. The largest absolute Gasteiger partial charge is 0.322 e. The SMILES string of the molecule is Cc1ccc(C(=O)Nc2ccc(-c3nc4ccccc4s3)cc2)cc1. The monoisotopic (exact) mass is 344 g/mol. The van der Waals surface area contributed by atoms with E-state index in [1.165, 1.54) is 4.70 Å². The molecule has 0 aliphatic heterocycles. The Hall–Kier alpha value is -2.98. The van der Waals surface area contributed by atoms with Crippen molar-refractivity contribution >= 4 is 33.1 Å². The summed E-state index contributed by atoms with van der Waals surface area (Å²) < 4.78 is 1.18. The molecular weight excluding hydrogens is 328 g/mol. The van der Waals surface area contributed by atoms with Gasteiger partial charge in [-0.15, -0.1) is 11.3 Å². The third-order valence-electron chi connectivity index (χ3n) is 4.00. The molecule has 25 heavy (non-hydrogen) atoms. The molecule has 1 heterocycles. The van der Waals surface area contributed by atoms with Crippen LogP contribution >= 0.6 is 11.3 Å². The summed E-state index contributed by atoms with van der Waals surface area (Å²) in [5, 5.41) is 3.91. The number of benzene rings is 3. The van der Waals surface area contributed by atoms with Gasteiger partial charge in [-0.05, 0) is 55.5 Å². The lowest BCUT2D eigenvalue weighted by molar-refractivity contribution is 0.102. The van der Waals surface area contributed by atoms with Crippen molar-refractivity contribution in [2.75, 3.05) is 5.32 Å². The first-order valence-electron chi connectivity index (χ1n) is 8.03. The van der Waals surface area contributed by atoms with Gasteiger partial charge in [0.25, 0.3) is 5.91 Å². The fraction of sp³-hybridized carbons (Fsp3) is 0.0476. The molecule has 0 fully saturated rings. The minimum atomic E-state index is -0.104. The molecule has 4 aromatic rings. The summed E-state index contributed by atoms with van der Waals surface area (Å²) in [6.07, 6.45) is 0. The highest BCUT2D eigenvalue weighted by Crippen LogP contribution is 2.30. The smallest absolute Gasteiger partial charge is 0.255 e. The number of amides is 1. The topological polar surface area (TPSA) is 42.0 Å². The van der Waals surface area contributed by atoms with Gasteiger partial charge in [0.15, 0.2) is 0 Å². The second-order valence-electron chi connectivity index (χ2n) is 5.88. The summed E-state index contributed by atoms with van der Waals surface area (Å²) in [6, 6.07) is 23.4. The number of hydrogen-bond donors (Lipinski definition) is 1. The summed E-state index contributed by atoms with van der Waals surface area (Å²) in [5.74, 6) is -0.104. The number of nitrogens with one attached hydrogen (secondary N) is 1. The van der Waals surface area contributed by atoms with Gasteiger partial charge in [0.05, 0.1) is 10.2 Å². The second-order valence-corrected chi connectivity index (χ2v) is 6.91. The Morgan fingerprint density at radius 3 is 2.36 bits per heavy atom. The van der Waals surface area contributed by atoms with Gasteiger partial charge in [0.1, 0.15) is 5.01 Å². The molecule has 3 nitrogen and oxygen atoms in total. The number of aromatic nitrogens is 1. The molecule has 4 rings (SSSR count). The van der Waals surface area contributed by atoms with Gasteiger partial charge in [-0.2, -0.15) is 0 Å². The van der Waals surface area contributed by atoms with Crippen molar-refractivity contribution in [3.05, 3.63) is 83.9 Å². The van der Waals surface area contributed by atoms with Crippen LogP contribution in [0.15, 0.2) is 72.8 Å². The van der Waals surface area contributed by atoms with Crippen LogP contribution in [-0.4, -0.2) is 10.9 Å². The number of rotatable bonds is 3. The molecule has 0 radical (unpaired) electrons. The van der Waals surface area contributed by atoms with Crippen molar-refractivity contribution in [3.63, 3.8) is 0 Å². The van der Waals surface area contributed by atoms with Gasteiger partial charge in [-0.3, -0.25) is 4.79 Å². The maximum absolute atomic E-state index is 12.3. The number of aryl methyl sites for hydroxylation is 1. The van der Waals surface area contributed by atoms with Crippen LogP contribution in [-0.2, 0) is 0 Å². The highest BCUT2D eigenvalue weighted by atomic mass is 32.1. The van der Waals surface area contributed by atoms with Crippen LogP contribution in [0.2, 0.25) is 0 Å². The van der Waals surface area contributed by atoms with Crippen molar-refractivity contribution in [2.45, 2.75) is 6.92 Å². The predicted octanol–water partition coefficient (Wildman–Crippen LogP) is 5.52. The third-order valence-corrected chi connectivity index (χ3v) is 5.08. The fourth-order valence-electron chi connectivity index (χ4n) is 2.60. The van der Waals surface area contributed by atoms with E-state index in [1.54, 1.807) is 11.3 Å². The zero-order valence-corrected chi connectivity index (χ0v) is 14.5. The minimum absolute atomic E-state index is 0.104. The Balaban J connectivity index is 1.53. The lowest BCUT2D eigenvalue weighted by atomic mass is 10.1. The normalized spacial score (nSPS) is 10.8. The Morgan fingerprint density at radius 1 is 0.920 bits per heavy atom. The van der Waals surface area contributed by atoms with Crippen molar-refractivity contribution in [1.29, 1.82) is 0 Å². The molecule has 122 valence electrons. The van der Waals surface area contributed by atoms with Crippen molar-refractivity contribution < 1.29 is 4.79 Å². The molecule has 0 spiro atoms. The number of para-hydroxylation sites is 1. The van der Waals surface area contributed by atoms with Gasteiger partial charge < -0.3 is 5.32 Å². The van der Waals surface area contributed by atoms with E-state index in [0.29, 0.717) is 5.56 Å². The van der Waals surface area contributed by atoms with Gasteiger partial charge in [0, 0.05) is 16.8 Å². The summed E-state index contributed by atoms with van der Waals surface area (Å²) >= 11 is 1.67. The average molecular weight is 344 g/mol. The number of fused-ring (bicyclic) bond motifs is 1. The molecular formula is C21H16N2OS. The summed E-state index contributed by atoms with van der Waals surface area (Å²) in [6.45, 7) is 2.00. The van der Waals surface area contributed by atoms with Gasteiger partial charge in [-0.25, -0.2) is 4.98 Å². The van der Waals surface area contributed by atoms with E-state index in [0.717, 1.165) is 27.3 Å². The van der Waals surface area contributed by atoms with Crippen LogP contribution in [0.5, 0.6) is 0 Å². The molecule has 0 bridgehead atoms. The first kappa shape index (κ1) is 15.5. The van der Waals surface area contributed by atoms with Crippen LogP contribution in [0.25, 0.3) is 20.8 Å². The van der Waals surface area contributed by atoms with Gasteiger partial charge in [0.2, 0.25) is 0 Å². The third kappa shape index (κ3) is 3.30. The molecule has 1 aromatic heterocycles. The number of hydrogen-bond acceptors (Lipinski definition) is 3. The van der Waals surface area contributed by atoms with E-state index in [9.17, 15) is 4.79 Å². The molecule has 0 aliphatic rings. The fourth-order valence-corrected chi connectivity index (χ4v) is 3.57. The molecule has 0 saturated carbocycles. The van der Waals surface area contributed by atoms with Crippen molar-refractivity contribution in [2.24, 2.45) is 0 Å². The highest BCUT2D eigenvalue weighted by molar-refractivity contribution is 7.21. The molecule has 1 amide bonds. The van der Waals surface area contributed by atoms with Crippen LogP contribution < -0.4 is 5.32 Å². The average Bonchev–Trinajstić information content (AvgIpc) is 3.07. The number of anilines is 1. The van der Waals surface area contributed by atoms with E-state index in [1.807, 2.05) is 73.7 Å². The standard InChI is InChI=1S/C21H16N2OS/c1-14-6-8-15(9-7-14)20(24)22-17-12-10-16(11-13-17)21-23-18-4-2-3-5-19(18)25-21/h2-13H,1H3,(H,22,24). The van der Waals surface area contributed by atoms with E-state index in [2.05, 4.69) is 16.4 Å². The zero-order chi connectivity index (χ0) is 17.2. The van der Waals surface area contributed by atoms with Gasteiger partial charge in [-0.1, -0.05) is 29.8 Å². The molecule has 3 aromatic carbocycles. The first-order chi connectivity index (χ1) is 12.2. The molecule has 1 N–H and O–H groups in total. The number of nitrogens with zero attached hydrogens (tertiary/aromatic N) is 1. The molecule has 0 saturated heterocycles. The summed E-state index contributed by atoms with van der Waals surface area (Å²) in [5.41, 5.74) is 4.63. The van der Waals surface area contributed by atoms with Crippen LogP contribution in [0, 0.1) is 6.92 Å². The van der Waals surface area contributed by atoms with E-state index >= 15 is 0 Å². The van der Waals surface area contributed by atoms with E-state index in [-0.39, 0.29) is 5.91 Å². The quantitative estimate of drug-likeness (QED) is 0.531. The van der Waals surface area contributed by atoms with E-state index in [4.69, 9.17) is 0 Å². The minimum Gasteiger partial charge on any atom is -0.322 e. The van der Waals surface area contributed by atoms with Crippen LogP contribution in [0.4, 0.5) is 5.69 Å². The maximum Gasteiger partial charge on any atom is 0.255 e.